The number of nitrogens with one attached hydrogen (secondary N) is 1. The summed E-state index contributed by atoms with van der Waals surface area (Å²) >= 11 is 0. The summed E-state index contributed by atoms with van der Waals surface area (Å²) in [6.07, 6.45) is 5.48. The highest BCUT2D eigenvalue weighted by Gasteiger charge is 2.31. The van der Waals surface area contributed by atoms with Gasteiger partial charge < -0.3 is 10.2 Å². The highest BCUT2D eigenvalue weighted by atomic mass is 19.1. The van der Waals surface area contributed by atoms with Gasteiger partial charge in [0.15, 0.2) is 0 Å². The van der Waals surface area contributed by atoms with Gasteiger partial charge in [-0.25, -0.2) is 9.37 Å². The molecule has 2 heterocycles. The van der Waals surface area contributed by atoms with Crippen molar-refractivity contribution in [2.45, 2.75) is 19.0 Å². The third-order valence-electron chi connectivity index (χ3n) is 3.47. The standard InChI is InChI=1S/C15H15FN4O/c16-12-3-1-11(2-4-12)10-20-8-5-13(15(20)21)19-14-9-17-6-7-18-14/h1-4,6-7,9,13H,5,8,10H2,(H,18,19). The van der Waals surface area contributed by atoms with E-state index < -0.39 is 0 Å². The van der Waals surface area contributed by atoms with Crippen molar-refractivity contribution in [1.82, 2.24) is 14.9 Å². The minimum atomic E-state index is -0.276. The van der Waals surface area contributed by atoms with Gasteiger partial charge in [0.1, 0.15) is 17.7 Å². The molecule has 21 heavy (non-hydrogen) atoms. The Labute approximate surface area is 121 Å². The minimum Gasteiger partial charge on any atom is -0.357 e. The number of hydrogen-bond acceptors (Lipinski definition) is 4. The van der Waals surface area contributed by atoms with E-state index in [2.05, 4.69) is 15.3 Å². The van der Waals surface area contributed by atoms with Crippen molar-refractivity contribution in [1.29, 1.82) is 0 Å². The molecular weight excluding hydrogens is 271 g/mol. The van der Waals surface area contributed by atoms with Gasteiger partial charge in [-0.05, 0) is 24.1 Å². The van der Waals surface area contributed by atoms with Gasteiger partial charge in [0, 0.05) is 25.5 Å². The Morgan fingerprint density at radius 2 is 2.10 bits per heavy atom. The quantitative estimate of drug-likeness (QED) is 0.931. The van der Waals surface area contributed by atoms with Crippen molar-refractivity contribution in [2.24, 2.45) is 0 Å². The average molecular weight is 286 g/mol. The average Bonchev–Trinajstić information content (AvgIpc) is 2.84. The van der Waals surface area contributed by atoms with Crippen LogP contribution in [-0.4, -0.2) is 33.4 Å². The fourth-order valence-corrected chi connectivity index (χ4v) is 2.39. The zero-order valence-electron chi connectivity index (χ0n) is 11.4. The summed E-state index contributed by atoms with van der Waals surface area (Å²) < 4.78 is 12.9. The third-order valence-corrected chi connectivity index (χ3v) is 3.47. The van der Waals surface area contributed by atoms with Gasteiger partial charge in [-0.15, -0.1) is 0 Å². The van der Waals surface area contributed by atoms with E-state index in [0.29, 0.717) is 18.9 Å². The van der Waals surface area contributed by atoms with Crippen molar-refractivity contribution in [3.8, 4) is 0 Å². The third kappa shape index (κ3) is 3.16. The number of halogens is 1. The first kappa shape index (κ1) is 13.5. The number of rotatable bonds is 4. The van der Waals surface area contributed by atoms with E-state index in [-0.39, 0.29) is 17.8 Å². The summed E-state index contributed by atoms with van der Waals surface area (Å²) in [6.45, 7) is 1.17. The highest BCUT2D eigenvalue weighted by molar-refractivity contribution is 5.86. The molecule has 1 unspecified atom stereocenters. The lowest BCUT2D eigenvalue weighted by atomic mass is 10.2. The maximum atomic E-state index is 12.9. The lowest BCUT2D eigenvalue weighted by Gasteiger charge is -2.17. The molecule has 0 bridgehead atoms. The Bertz CT molecular complexity index is 617. The van der Waals surface area contributed by atoms with Crippen molar-refractivity contribution in [3.05, 3.63) is 54.2 Å². The zero-order valence-corrected chi connectivity index (χ0v) is 11.4. The fourth-order valence-electron chi connectivity index (χ4n) is 2.39. The summed E-state index contributed by atoms with van der Waals surface area (Å²) in [4.78, 5) is 22.2. The van der Waals surface area contributed by atoms with Gasteiger partial charge >= 0.3 is 0 Å². The molecule has 0 aliphatic carbocycles. The molecule has 1 amide bonds. The van der Waals surface area contributed by atoms with Crippen LogP contribution in [0.1, 0.15) is 12.0 Å². The number of anilines is 1. The lowest BCUT2D eigenvalue weighted by molar-refractivity contribution is -0.128. The second-order valence-corrected chi connectivity index (χ2v) is 4.96. The SMILES string of the molecule is O=C1C(Nc2cnccn2)CCN1Cc1ccc(F)cc1. The van der Waals surface area contributed by atoms with E-state index in [1.165, 1.54) is 12.1 Å². The lowest BCUT2D eigenvalue weighted by Crippen LogP contribution is -2.33. The van der Waals surface area contributed by atoms with E-state index in [1.54, 1.807) is 35.6 Å². The molecular formula is C15H15FN4O. The van der Waals surface area contributed by atoms with Gasteiger partial charge in [-0.3, -0.25) is 9.78 Å². The predicted molar refractivity (Wildman–Crippen MR) is 75.9 cm³/mol. The normalized spacial score (nSPS) is 18.0. The molecule has 1 aliphatic rings. The first-order chi connectivity index (χ1) is 10.2. The molecule has 1 atom stereocenters. The van der Waals surface area contributed by atoms with Crippen LogP contribution in [0.15, 0.2) is 42.9 Å². The number of hydrogen-bond donors (Lipinski definition) is 1. The molecule has 0 saturated carbocycles. The number of nitrogens with zero attached hydrogens (tertiary/aromatic N) is 3. The first-order valence-electron chi connectivity index (χ1n) is 6.78. The zero-order chi connectivity index (χ0) is 14.7. The smallest absolute Gasteiger partial charge is 0.245 e. The summed E-state index contributed by atoms with van der Waals surface area (Å²) in [7, 11) is 0. The number of carbonyl (C=O) groups excluding carboxylic acids is 1. The van der Waals surface area contributed by atoms with Crippen LogP contribution in [0, 0.1) is 5.82 Å². The molecule has 2 aromatic rings. The van der Waals surface area contributed by atoms with Crippen LogP contribution in [0.4, 0.5) is 10.2 Å². The van der Waals surface area contributed by atoms with Crippen LogP contribution in [-0.2, 0) is 11.3 Å². The Hall–Kier alpha value is -2.50. The molecule has 6 heteroatoms. The van der Waals surface area contributed by atoms with Crippen LogP contribution < -0.4 is 5.32 Å². The molecule has 5 nitrogen and oxygen atoms in total. The highest BCUT2D eigenvalue weighted by Crippen LogP contribution is 2.18. The van der Waals surface area contributed by atoms with E-state index in [4.69, 9.17) is 0 Å². The molecule has 0 spiro atoms. The van der Waals surface area contributed by atoms with Crippen LogP contribution in [0.3, 0.4) is 0 Å². The molecule has 0 radical (unpaired) electrons. The van der Waals surface area contributed by atoms with Crippen molar-refractivity contribution >= 4 is 11.7 Å². The molecule has 1 fully saturated rings. The van der Waals surface area contributed by atoms with E-state index >= 15 is 0 Å². The maximum absolute atomic E-state index is 12.9. The number of benzene rings is 1. The van der Waals surface area contributed by atoms with Crippen molar-refractivity contribution in [2.75, 3.05) is 11.9 Å². The van der Waals surface area contributed by atoms with Gasteiger partial charge in [-0.1, -0.05) is 12.1 Å². The fraction of sp³-hybridized carbons (Fsp3) is 0.267. The number of carbonyl (C=O) groups is 1. The van der Waals surface area contributed by atoms with Crippen LogP contribution >= 0.6 is 0 Å². The second kappa shape index (κ2) is 5.87. The second-order valence-electron chi connectivity index (χ2n) is 4.96. The molecule has 1 aromatic carbocycles. The van der Waals surface area contributed by atoms with Gasteiger partial charge in [0.25, 0.3) is 0 Å². The predicted octanol–water partition coefficient (Wildman–Crippen LogP) is 1.83. The summed E-state index contributed by atoms with van der Waals surface area (Å²) in [5.74, 6) is 0.359. The summed E-state index contributed by atoms with van der Waals surface area (Å²) in [6, 6.07) is 5.94. The van der Waals surface area contributed by atoms with Crippen LogP contribution in [0.5, 0.6) is 0 Å². The number of amides is 1. The summed E-state index contributed by atoms with van der Waals surface area (Å²) in [5.41, 5.74) is 0.921. The number of likely N-dealkylation sites (tertiary alicyclic amines) is 1. The number of aromatic nitrogens is 2. The molecule has 1 aromatic heterocycles. The Morgan fingerprint density at radius 3 is 2.81 bits per heavy atom. The molecule has 1 aliphatic heterocycles. The summed E-state index contributed by atoms with van der Waals surface area (Å²) in [5, 5.41) is 3.09. The maximum Gasteiger partial charge on any atom is 0.245 e. The molecule has 1 N–H and O–H groups in total. The molecule has 108 valence electrons. The largest absolute Gasteiger partial charge is 0.357 e. The topological polar surface area (TPSA) is 58.1 Å². The van der Waals surface area contributed by atoms with E-state index in [1.807, 2.05) is 0 Å². The minimum absolute atomic E-state index is 0.0324. The van der Waals surface area contributed by atoms with E-state index in [0.717, 1.165) is 12.0 Å². The van der Waals surface area contributed by atoms with Gasteiger partial charge in [-0.2, -0.15) is 0 Å². The monoisotopic (exact) mass is 286 g/mol. The Morgan fingerprint density at radius 1 is 1.29 bits per heavy atom. The first-order valence-corrected chi connectivity index (χ1v) is 6.78. The van der Waals surface area contributed by atoms with Crippen LogP contribution in [0.25, 0.3) is 0 Å². The molecule has 1 saturated heterocycles. The van der Waals surface area contributed by atoms with Crippen LogP contribution in [0.2, 0.25) is 0 Å². The Balaban J connectivity index is 1.62. The van der Waals surface area contributed by atoms with Gasteiger partial charge in [0.2, 0.25) is 5.91 Å². The van der Waals surface area contributed by atoms with E-state index in [9.17, 15) is 9.18 Å². The molecule has 3 rings (SSSR count). The Kier molecular flexibility index (Phi) is 3.77. The van der Waals surface area contributed by atoms with Crippen molar-refractivity contribution in [3.63, 3.8) is 0 Å². The van der Waals surface area contributed by atoms with Crippen molar-refractivity contribution < 1.29 is 9.18 Å². The van der Waals surface area contributed by atoms with Gasteiger partial charge in [0.05, 0.1) is 6.20 Å².